The van der Waals surface area contributed by atoms with E-state index < -0.39 is 11.6 Å². The van der Waals surface area contributed by atoms with Crippen molar-refractivity contribution >= 4 is 5.69 Å². The quantitative estimate of drug-likeness (QED) is 0.350. The van der Waals surface area contributed by atoms with Gasteiger partial charge in [-0.15, -0.1) is 0 Å². The second-order valence-corrected chi connectivity index (χ2v) is 7.84. The topological polar surface area (TPSA) is 70.3 Å². The molecule has 0 aliphatic heterocycles. The Morgan fingerprint density at radius 2 is 1.77 bits per heavy atom. The molecule has 0 atom stereocenters. The Labute approximate surface area is 201 Å². The Bertz CT molecular complexity index is 1400. The molecule has 1 N–H and O–H groups in total. The van der Waals surface area contributed by atoms with Gasteiger partial charge in [-0.3, -0.25) is 9.48 Å². The molecule has 9 heteroatoms. The summed E-state index contributed by atoms with van der Waals surface area (Å²) >= 11 is 0. The lowest BCUT2D eigenvalue weighted by atomic mass is 10.0. The van der Waals surface area contributed by atoms with Crippen LogP contribution in [0, 0.1) is 11.6 Å². The van der Waals surface area contributed by atoms with Gasteiger partial charge < -0.3 is 19.4 Å². The molecule has 35 heavy (non-hydrogen) atoms. The standard InChI is InChI=1S/C26H26F2N4O3/c1-4-32-11-10-19(30-32)15-29-18-7-9-23(35-24-8-6-17(27)12-22(24)28)20(13-18)21-16-31(3)26(33)14-25(21)34-5-2/h6-14,16,29H,4-5,15H2,1-3H3. The van der Waals surface area contributed by atoms with Crippen molar-refractivity contribution in [3.8, 4) is 28.4 Å². The molecule has 4 rings (SSSR count). The molecule has 0 radical (unpaired) electrons. The predicted molar refractivity (Wildman–Crippen MR) is 130 cm³/mol. The van der Waals surface area contributed by atoms with E-state index in [1.165, 1.54) is 16.7 Å². The van der Waals surface area contributed by atoms with Gasteiger partial charge in [0.05, 0.1) is 18.8 Å². The minimum Gasteiger partial charge on any atom is -0.493 e. The van der Waals surface area contributed by atoms with E-state index in [1.807, 2.05) is 36.9 Å². The molecule has 0 amide bonds. The molecule has 0 unspecified atom stereocenters. The van der Waals surface area contributed by atoms with Gasteiger partial charge in [-0.1, -0.05) is 0 Å². The second kappa shape index (κ2) is 10.4. The van der Waals surface area contributed by atoms with Crippen LogP contribution in [-0.4, -0.2) is 21.0 Å². The van der Waals surface area contributed by atoms with E-state index in [0.717, 1.165) is 30.1 Å². The summed E-state index contributed by atoms with van der Waals surface area (Å²) in [4.78, 5) is 12.2. The van der Waals surface area contributed by atoms with Gasteiger partial charge in [-0.05, 0) is 50.2 Å². The lowest BCUT2D eigenvalue weighted by Crippen LogP contribution is -2.16. The van der Waals surface area contributed by atoms with Crippen molar-refractivity contribution in [3.05, 3.63) is 88.6 Å². The highest BCUT2D eigenvalue weighted by atomic mass is 19.1. The maximum atomic E-state index is 14.3. The van der Waals surface area contributed by atoms with E-state index in [4.69, 9.17) is 9.47 Å². The molecule has 182 valence electrons. The Morgan fingerprint density at radius 1 is 0.971 bits per heavy atom. The fraction of sp³-hybridized carbons (Fsp3) is 0.231. The molecule has 2 heterocycles. The SMILES string of the molecule is CCOc1cc(=O)n(C)cc1-c1cc(NCc2ccn(CC)n2)ccc1Oc1ccc(F)cc1F. The first-order valence-electron chi connectivity index (χ1n) is 11.2. The van der Waals surface area contributed by atoms with E-state index >= 15 is 0 Å². The lowest BCUT2D eigenvalue weighted by Gasteiger charge is -2.17. The normalized spacial score (nSPS) is 10.9. The van der Waals surface area contributed by atoms with Gasteiger partial charge in [-0.25, -0.2) is 8.78 Å². The number of nitrogens with zero attached hydrogens (tertiary/aromatic N) is 3. The van der Waals surface area contributed by atoms with Crippen molar-refractivity contribution < 1.29 is 18.3 Å². The summed E-state index contributed by atoms with van der Waals surface area (Å²) in [6.07, 6.45) is 3.55. The number of nitrogens with one attached hydrogen (secondary N) is 1. The fourth-order valence-corrected chi connectivity index (χ4v) is 3.57. The third-order valence-corrected chi connectivity index (χ3v) is 5.37. The lowest BCUT2D eigenvalue weighted by molar-refractivity contribution is 0.340. The molecule has 0 saturated heterocycles. The second-order valence-electron chi connectivity index (χ2n) is 7.84. The van der Waals surface area contributed by atoms with Crippen molar-refractivity contribution in [2.75, 3.05) is 11.9 Å². The van der Waals surface area contributed by atoms with Crippen LogP contribution in [0.2, 0.25) is 0 Å². The van der Waals surface area contributed by atoms with Gasteiger partial charge in [-0.2, -0.15) is 5.10 Å². The number of hydrogen-bond acceptors (Lipinski definition) is 5. The number of aryl methyl sites for hydroxylation is 2. The molecule has 0 fully saturated rings. The Morgan fingerprint density at radius 3 is 2.49 bits per heavy atom. The molecule has 4 aromatic rings. The van der Waals surface area contributed by atoms with Crippen LogP contribution in [0.4, 0.5) is 14.5 Å². The average Bonchev–Trinajstić information content (AvgIpc) is 3.31. The zero-order valence-electron chi connectivity index (χ0n) is 19.7. The van der Waals surface area contributed by atoms with Crippen LogP contribution in [0.5, 0.6) is 17.2 Å². The minimum absolute atomic E-state index is 0.124. The van der Waals surface area contributed by atoms with Crippen molar-refractivity contribution in [2.24, 2.45) is 7.05 Å². The molecule has 2 aromatic heterocycles. The molecule has 0 aliphatic carbocycles. The predicted octanol–water partition coefficient (Wildman–Crippen LogP) is 5.35. The number of ether oxygens (including phenoxy) is 2. The highest BCUT2D eigenvalue weighted by molar-refractivity contribution is 5.78. The fourth-order valence-electron chi connectivity index (χ4n) is 3.57. The van der Waals surface area contributed by atoms with Gasteiger partial charge in [0.15, 0.2) is 11.6 Å². The zero-order chi connectivity index (χ0) is 24.9. The van der Waals surface area contributed by atoms with Gasteiger partial charge in [0.25, 0.3) is 5.56 Å². The third kappa shape index (κ3) is 5.51. The maximum absolute atomic E-state index is 14.3. The summed E-state index contributed by atoms with van der Waals surface area (Å²) in [5.74, 6) is -0.956. The smallest absolute Gasteiger partial charge is 0.254 e. The van der Waals surface area contributed by atoms with Gasteiger partial charge in [0.2, 0.25) is 0 Å². The number of anilines is 1. The van der Waals surface area contributed by atoms with Gasteiger partial charge >= 0.3 is 0 Å². The summed E-state index contributed by atoms with van der Waals surface area (Å²) in [5, 5.41) is 7.80. The summed E-state index contributed by atoms with van der Waals surface area (Å²) in [5.41, 5.74) is 2.56. The van der Waals surface area contributed by atoms with Crippen LogP contribution in [-0.2, 0) is 20.1 Å². The van der Waals surface area contributed by atoms with E-state index in [0.29, 0.717) is 35.8 Å². The Balaban J connectivity index is 1.76. The van der Waals surface area contributed by atoms with E-state index in [2.05, 4.69) is 10.4 Å². The van der Waals surface area contributed by atoms with Crippen molar-refractivity contribution in [3.63, 3.8) is 0 Å². The molecule has 0 aliphatic rings. The van der Waals surface area contributed by atoms with E-state index in [-0.39, 0.29) is 11.3 Å². The number of benzene rings is 2. The molecule has 7 nitrogen and oxygen atoms in total. The molecule has 0 spiro atoms. The first-order valence-corrected chi connectivity index (χ1v) is 11.2. The van der Waals surface area contributed by atoms with Crippen LogP contribution >= 0.6 is 0 Å². The van der Waals surface area contributed by atoms with Crippen LogP contribution in [0.25, 0.3) is 11.1 Å². The summed E-state index contributed by atoms with van der Waals surface area (Å²) < 4.78 is 42.6. The molecule has 0 saturated carbocycles. The first kappa shape index (κ1) is 24.0. The number of hydrogen-bond donors (Lipinski definition) is 1. The zero-order valence-corrected chi connectivity index (χ0v) is 19.7. The molecule has 2 aromatic carbocycles. The maximum Gasteiger partial charge on any atom is 0.254 e. The van der Waals surface area contributed by atoms with Crippen molar-refractivity contribution in [1.29, 1.82) is 0 Å². The summed E-state index contributed by atoms with van der Waals surface area (Å²) in [6.45, 7) is 5.46. The Hall–Kier alpha value is -4.14. The third-order valence-electron chi connectivity index (χ3n) is 5.37. The minimum atomic E-state index is -0.824. The first-order chi connectivity index (χ1) is 16.9. The van der Waals surface area contributed by atoms with E-state index in [9.17, 15) is 13.6 Å². The van der Waals surface area contributed by atoms with Crippen LogP contribution in [0.3, 0.4) is 0 Å². The van der Waals surface area contributed by atoms with Crippen LogP contribution in [0.1, 0.15) is 19.5 Å². The van der Waals surface area contributed by atoms with Crippen LogP contribution < -0.4 is 20.3 Å². The number of halogens is 2. The monoisotopic (exact) mass is 480 g/mol. The van der Waals surface area contributed by atoms with Crippen molar-refractivity contribution in [2.45, 2.75) is 26.9 Å². The summed E-state index contributed by atoms with van der Waals surface area (Å²) in [6, 6.07) is 11.8. The van der Waals surface area contributed by atoms with Crippen molar-refractivity contribution in [1.82, 2.24) is 14.3 Å². The highest BCUT2D eigenvalue weighted by Gasteiger charge is 2.17. The molecular weight excluding hydrogens is 454 g/mol. The number of rotatable bonds is 9. The molecule has 0 bridgehead atoms. The molecular formula is C26H26F2N4O3. The highest BCUT2D eigenvalue weighted by Crippen LogP contribution is 2.40. The largest absolute Gasteiger partial charge is 0.493 e. The Kier molecular flexibility index (Phi) is 7.14. The van der Waals surface area contributed by atoms with Crippen LogP contribution in [0.15, 0.2) is 65.7 Å². The van der Waals surface area contributed by atoms with Gasteiger partial charge in [0, 0.05) is 54.9 Å². The van der Waals surface area contributed by atoms with E-state index in [1.54, 1.807) is 25.4 Å². The number of aromatic nitrogens is 3. The summed E-state index contributed by atoms with van der Waals surface area (Å²) in [7, 11) is 1.63. The number of pyridine rings is 1. The average molecular weight is 481 g/mol. The van der Waals surface area contributed by atoms with Gasteiger partial charge in [0.1, 0.15) is 17.3 Å².